The predicted molar refractivity (Wildman–Crippen MR) is 107 cm³/mol. The van der Waals surface area contributed by atoms with E-state index in [1.165, 1.54) is 31.7 Å². The van der Waals surface area contributed by atoms with Crippen molar-refractivity contribution in [3.05, 3.63) is 46.0 Å². The number of aromatic nitrogens is 2. The largest absolute Gasteiger partial charge is 0.241 e. The highest BCUT2D eigenvalue weighted by molar-refractivity contribution is 7.22. The van der Waals surface area contributed by atoms with Crippen LogP contribution in [-0.2, 0) is 0 Å². The zero-order valence-corrected chi connectivity index (χ0v) is 16.2. The third-order valence-corrected chi connectivity index (χ3v) is 6.46. The van der Waals surface area contributed by atoms with Crippen LogP contribution in [0, 0.1) is 20.8 Å². The van der Waals surface area contributed by atoms with Crippen molar-refractivity contribution in [2.24, 2.45) is 0 Å². The summed E-state index contributed by atoms with van der Waals surface area (Å²) >= 11 is 3.50. The smallest absolute Gasteiger partial charge is 0.124 e. The van der Waals surface area contributed by atoms with E-state index in [1.807, 2.05) is 0 Å². The molecule has 0 unspecified atom stereocenters. The Bertz CT molecular complexity index is 1020. The van der Waals surface area contributed by atoms with Crippen LogP contribution in [0.2, 0.25) is 0 Å². The lowest BCUT2D eigenvalue weighted by Crippen LogP contribution is -1.95. The summed E-state index contributed by atoms with van der Waals surface area (Å²) in [6.45, 7) is 11.0. The van der Waals surface area contributed by atoms with E-state index in [0.29, 0.717) is 5.92 Å². The summed E-state index contributed by atoms with van der Waals surface area (Å²) in [7, 11) is 0. The maximum absolute atomic E-state index is 4.92. The molecule has 0 saturated carbocycles. The Labute approximate surface area is 150 Å². The number of benzene rings is 2. The highest BCUT2D eigenvalue weighted by atomic mass is 32.1. The minimum Gasteiger partial charge on any atom is -0.241 e. The normalized spacial score (nSPS) is 11.9. The van der Waals surface area contributed by atoms with Gasteiger partial charge in [-0.25, -0.2) is 9.97 Å². The van der Waals surface area contributed by atoms with Crippen LogP contribution in [0.15, 0.2) is 24.3 Å². The van der Waals surface area contributed by atoms with Crippen LogP contribution in [0.1, 0.15) is 41.5 Å². The van der Waals surface area contributed by atoms with Gasteiger partial charge in [0.2, 0.25) is 0 Å². The zero-order valence-electron chi connectivity index (χ0n) is 14.6. The summed E-state index contributed by atoms with van der Waals surface area (Å²) < 4.78 is 2.44. The van der Waals surface area contributed by atoms with Gasteiger partial charge in [-0.1, -0.05) is 19.9 Å². The average molecular weight is 353 g/mol. The van der Waals surface area contributed by atoms with Gasteiger partial charge in [0, 0.05) is 5.56 Å². The van der Waals surface area contributed by atoms with Crippen LogP contribution < -0.4 is 0 Å². The first-order valence-corrected chi connectivity index (χ1v) is 9.85. The minimum atomic E-state index is 0.550. The fraction of sp³-hybridized carbons (Fsp3) is 0.300. The lowest BCUT2D eigenvalue weighted by Gasteiger charge is -2.13. The zero-order chi connectivity index (χ0) is 17.0. The van der Waals surface area contributed by atoms with E-state index in [-0.39, 0.29) is 0 Å². The molecule has 0 aliphatic heterocycles. The predicted octanol–water partition coefficient (Wildman–Crippen LogP) is 6.62. The highest BCUT2D eigenvalue weighted by Crippen LogP contribution is 2.37. The molecule has 0 amide bonds. The topological polar surface area (TPSA) is 25.8 Å². The molecule has 0 radical (unpaired) electrons. The van der Waals surface area contributed by atoms with Gasteiger partial charge in [-0.2, -0.15) is 0 Å². The summed E-state index contributed by atoms with van der Waals surface area (Å²) in [6, 6.07) is 8.98. The van der Waals surface area contributed by atoms with Crippen LogP contribution in [0.3, 0.4) is 0 Å². The first-order chi connectivity index (χ1) is 11.4. The number of rotatable bonds is 2. The molecule has 122 valence electrons. The molecule has 2 nitrogen and oxygen atoms in total. The Morgan fingerprint density at radius 2 is 1.46 bits per heavy atom. The Balaban J connectivity index is 1.88. The van der Waals surface area contributed by atoms with Gasteiger partial charge in [0.05, 0.1) is 25.4 Å². The molecule has 24 heavy (non-hydrogen) atoms. The standard InChI is InChI=1S/C20H20N2S2/c1-10(2)14-6-12(4)15(7-11(14)3)20-22-17-9-18-16(8-19(17)24-20)21-13(5)23-18/h6-10H,1-5H3. The van der Waals surface area contributed by atoms with Crippen molar-refractivity contribution < 1.29 is 0 Å². The van der Waals surface area contributed by atoms with Crippen molar-refractivity contribution in [2.75, 3.05) is 0 Å². The molecular formula is C20H20N2S2. The van der Waals surface area contributed by atoms with Gasteiger partial charge in [0.25, 0.3) is 0 Å². The van der Waals surface area contributed by atoms with Gasteiger partial charge in [-0.05, 0) is 61.6 Å². The monoisotopic (exact) mass is 352 g/mol. The molecule has 0 aliphatic rings. The first kappa shape index (κ1) is 15.7. The van der Waals surface area contributed by atoms with E-state index >= 15 is 0 Å². The van der Waals surface area contributed by atoms with Crippen molar-refractivity contribution in [1.82, 2.24) is 9.97 Å². The molecule has 2 aromatic heterocycles. The van der Waals surface area contributed by atoms with E-state index < -0.39 is 0 Å². The van der Waals surface area contributed by atoms with Crippen molar-refractivity contribution in [3.8, 4) is 10.6 Å². The molecule has 0 spiro atoms. The fourth-order valence-corrected chi connectivity index (χ4v) is 5.17. The second kappa shape index (κ2) is 5.64. The van der Waals surface area contributed by atoms with Gasteiger partial charge in [-0.15, -0.1) is 22.7 Å². The van der Waals surface area contributed by atoms with Crippen LogP contribution in [-0.4, -0.2) is 9.97 Å². The minimum absolute atomic E-state index is 0.550. The number of aryl methyl sites for hydroxylation is 3. The lowest BCUT2D eigenvalue weighted by molar-refractivity contribution is 0.855. The average Bonchev–Trinajstić information content (AvgIpc) is 3.07. The molecule has 2 heterocycles. The summed E-state index contributed by atoms with van der Waals surface area (Å²) in [5.41, 5.74) is 7.50. The Hall–Kier alpha value is -1.78. The Morgan fingerprint density at radius 1 is 0.792 bits per heavy atom. The number of hydrogen-bond acceptors (Lipinski definition) is 4. The molecule has 4 aromatic rings. The molecule has 0 atom stereocenters. The van der Waals surface area contributed by atoms with E-state index in [0.717, 1.165) is 21.0 Å². The van der Waals surface area contributed by atoms with Crippen LogP contribution in [0.4, 0.5) is 0 Å². The molecule has 4 heteroatoms. The summed E-state index contributed by atoms with van der Waals surface area (Å²) in [5, 5.41) is 2.22. The molecule has 2 aromatic carbocycles. The third-order valence-electron chi connectivity index (χ3n) is 4.47. The van der Waals surface area contributed by atoms with Gasteiger partial charge in [0.15, 0.2) is 0 Å². The molecular weight excluding hydrogens is 332 g/mol. The second-order valence-corrected chi connectivity index (χ2v) is 8.98. The van der Waals surface area contributed by atoms with Crippen LogP contribution in [0.25, 0.3) is 31.0 Å². The molecule has 0 saturated heterocycles. The van der Waals surface area contributed by atoms with Crippen molar-refractivity contribution in [3.63, 3.8) is 0 Å². The first-order valence-electron chi connectivity index (χ1n) is 8.21. The van der Waals surface area contributed by atoms with Crippen LogP contribution in [0.5, 0.6) is 0 Å². The van der Waals surface area contributed by atoms with Crippen molar-refractivity contribution in [1.29, 1.82) is 0 Å². The van der Waals surface area contributed by atoms with E-state index in [9.17, 15) is 0 Å². The maximum Gasteiger partial charge on any atom is 0.124 e. The summed E-state index contributed by atoms with van der Waals surface area (Å²) in [5.74, 6) is 0.550. The maximum atomic E-state index is 4.92. The molecule has 0 fully saturated rings. The Morgan fingerprint density at radius 3 is 2.17 bits per heavy atom. The Kier molecular flexibility index (Phi) is 3.70. The van der Waals surface area contributed by atoms with Gasteiger partial charge in [0.1, 0.15) is 5.01 Å². The van der Waals surface area contributed by atoms with E-state index in [1.54, 1.807) is 22.7 Å². The van der Waals surface area contributed by atoms with Crippen LogP contribution >= 0.6 is 22.7 Å². The number of nitrogens with zero attached hydrogens (tertiary/aromatic N) is 2. The van der Waals surface area contributed by atoms with Gasteiger partial charge < -0.3 is 0 Å². The van der Waals surface area contributed by atoms with Crippen molar-refractivity contribution in [2.45, 2.75) is 40.5 Å². The molecule has 0 aliphatic carbocycles. The number of fused-ring (bicyclic) bond motifs is 2. The van der Waals surface area contributed by atoms with E-state index in [2.05, 4.69) is 63.9 Å². The molecule has 0 bridgehead atoms. The fourth-order valence-electron chi connectivity index (χ4n) is 3.27. The highest BCUT2D eigenvalue weighted by Gasteiger charge is 2.14. The summed E-state index contributed by atoms with van der Waals surface area (Å²) in [4.78, 5) is 9.52. The molecule has 0 N–H and O–H groups in total. The second-order valence-electron chi connectivity index (χ2n) is 6.72. The summed E-state index contributed by atoms with van der Waals surface area (Å²) in [6.07, 6.45) is 0. The SMILES string of the molecule is Cc1nc2cc3sc(-c4cc(C)c(C(C)C)cc4C)nc3cc2s1. The van der Waals surface area contributed by atoms with Gasteiger partial charge in [-0.3, -0.25) is 0 Å². The van der Waals surface area contributed by atoms with E-state index in [4.69, 9.17) is 4.98 Å². The number of hydrogen-bond donors (Lipinski definition) is 0. The van der Waals surface area contributed by atoms with Gasteiger partial charge >= 0.3 is 0 Å². The number of thiazole rings is 2. The third kappa shape index (κ3) is 2.54. The molecule has 4 rings (SSSR count). The quantitative estimate of drug-likeness (QED) is 0.405. The van der Waals surface area contributed by atoms with Crippen molar-refractivity contribution >= 4 is 43.1 Å². The lowest BCUT2D eigenvalue weighted by atomic mass is 9.93.